The number of β-amino-alcohol motifs (C(OH)–C–C–N with tert-alkyl or cyclic N) is 1. The molecule has 4 rings (SSSR count). The van der Waals surface area contributed by atoms with Crippen LogP contribution in [0.4, 0.5) is 0 Å². The van der Waals surface area contributed by atoms with Crippen molar-refractivity contribution in [2.24, 2.45) is 11.7 Å². The first-order valence-corrected chi connectivity index (χ1v) is 10.5. The number of para-hydroxylation sites is 1. The van der Waals surface area contributed by atoms with E-state index in [-0.39, 0.29) is 18.4 Å². The zero-order valence-corrected chi connectivity index (χ0v) is 17.6. The minimum absolute atomic E-state index is 0.0573. The molecule has 0 radical (unpaired) electrons. The number of piperidine rings is 1. The lowest BCUT2D eigenvalue weighted by Crippen LogP contribution is -2.43. The van der Waals surface area contributed by atoms with Gasteiger partial charge in [-0.05, 0) is 50.2 Å². The van der Waals surface area contributed by atoms with Crippen molar-refractivity contribution in [2.75, 3.05) is 33.4 Å². The summed E-state index contributed by atoms with van der Waals surface area (Å²) in [5.41, 5.74) is 7.04. The summed E-state index contributed by atoms with van der Waals surface area (Å²) >= 11 is 0. The Morgan fingerprint density at radius 3 is 2.65 bits per heavy atom. The number of aliphatic hydroxyl groups is 1. The first kappa shape index (κ1) is 21.2. The van der Waals surface area contributed by atoms with Crippen molar-refractivity contribution in [3.05, 3.63) is 48.5 Å². The van der Waals surface area contributed by atoms with Crippen LogP contribution in [-0.4, -0.2) is 55.4 Å². The van der Waals surface area contributed by atoms with Crippen LogP contribution in [0, 0.1) is 5.92 Å². The molecule has 3 aromatic rings. The quantitative estimate of drug-likeness (QED) is 0.577. The van der Waals surface area contributed by atoms with E-state index in [2.05, 4.69) is 4.90 Å². The number of nitrogens with zero attached hydrogens (tertiary/aromatic N) is 1. The van der Waals surface area contributed by atoms with E-state index in [1.54, 1.807) is 13.2 Å². The molecule has 1 amide bonds. The number of carbonyl (C=O) groups excluding carboxylic acids is 1. The number of aliphatic hydroxyl groups excluding tert-OH is 1. The van der Waals surface area contributed by atoms with Crippen LogP contribution >= 0.6 is 0 Å². The van der Waals surface area contributed by atoms with Crippen molar-refractivity contribution in [1.82, 2.24) is 4.90 Å². The average molecular weight is 424 g/mol. The first-order valence-electron chi connectivity index (χ1n) is 10.5. The van der Waals surface area contributed by atoms with Crippen LogP contribution in [0.5, 0.6) is 11.5 Å². The molecule has 1 aliphatic heterocycles. The van der Waals surface area contributed by atoms with Gasteiger partial charge in [-0.2, -0.15) is 0 Å². The fraction of sp³-hybridized carbons (Fsp3) is 0.375. The van der Waals surface area contributed by atoms with Crippen molar-refractivity contribution in [2.45, 2.75) is 18.9 Å². The lowest BCUT2D eigenvalue weighted by molar-refractivity contribution is -0.123. The maximum absolute atomic E-state index is 11.3. The van der Waals surface area contributed by atoms with E-state index in [0.717, 1.165) is 48.2 Å². The summed E-state index contributed by atoms with van der Waals surface area (Å²) in [6.07, 6.45) is 0.824. The monoisotopic (exact) mass is 424 g/mol. The lowest BCUT2D eigenvalue weighted by Gasteiger charge is -2.31. The van der Waals surface area contributed by atoms with Crippen LogP contribution in [-0.2, 0) is 4.79 Å². The van der Waals surface area contributed by atoms with Gasteiger partial charge in [-0.25, -0.2) is 0 Å². The highest BCUT2D eigenvalue weighted by atomic mass is 16.5. The van der Waals surface area contributed by atoms with E-state index < -0.39 is 6.10 Å². The Morgan fingerprint density at radius 2 is 1.94 bits per heavy atom. The number of methoxy groups -OCH3 is 1. The molecule has 2 heterocycles. The predicted octanol–water partition coefficient (Wildman–Crippen LogP) is 3.05. The maximum Gasteiger partial charge on any atom is 0.220 e. The molecule has 2 aromatic carbocycles. The number of amides is 1. The van der Waals surface area contributed by atoms with Crippen molar-refractivity contribution in [3.63, 3.8) is 0 Å². The molecule has 1 aliphatic rings. The summed E-state index contributed by atoms with van der Waals surface area (Å²) in [5, 5.41) is 11.5. The van der Waals surface area contributed by atoms with Crippen molar-refractivity contribution >= 4 is 16.9 Å². The van der Waals surface area contributed by atoms with E-state index in [1.807, 2.05) is 42.5 Å². The molecule has 1 unspecified atom stereocenters. The first-order chi connectivity index (χ1) is 15.0. The Kier molecular flexibility index (Phi) is 6.44. The van der Waals surface area contributed by atoms with Gasteiger partial charge >= 0.3 is 0 Å². The number of benzene rings is 2. The Hall–Kier alpha value is -3.03. The Labute approximate surface area is 181 Å². The van der Waals surface area contributed by atoms with E-state index in [1.165, 1.54) is 0 Å². The van der Waals surface area contributed by atoms with Crippen molar-refractivity contribution in [1.29, 1.82) is 0 Å². The lowest BCUT2D eigenvalue weighted by atomic mass is 9.96. The molecule has 31 heavy (non-hydrogen) atoms. The van der Waals surface area contributed by atoms with E-state index >= 15 is 0 Å². The van der Waals surface area contributed by atoms with Crippen LogP contribution in [0.15, 0.2) is 52.9 Å². The topological polar surface area (TPSA) is 98.2 Å². The Bertz CT molecular complexity index is 1010. The third-order valence-electron chi connectivity index (χ3n) is 5.73. The number of rotatable bonds is 8. The second kappa shape index (κ2) is 9.41. The Balaban J connectivity index is 1.39. The summed E-state index contributed by atoms with van der Waals surface area (Å²) < 4.78 is 17.3. The summed E-state index contributed by atoms with van der Waals surface area (Å²) in [5.74, 6) is 1.68. The molecule has 0 saturated carbocycles. The fourth-order valence-electron chi connectivity index (χ4n) is 3.98. The molecule has 7 nitrogen and oxygen atoms in total. The van der Waals surface area contributed by atoms with Gasteiger partial charge in [0.1, 0.15) is 35.6 Å². The minimum Gasteiger partial charge on any atom is -0.497 e. The number of nitrogens with two attached hydrogens (primary N) is 1. The van der Waals surface area contributed by atoms with Crippen LogP contribution in [0.2, 0.25) is 0 Å². The van der Waals surface area contributed by atoms with Gasteiger partial charge in [0.25, 0.3) is 0 Å². The number of hydrogen-bond donors (Lipinski definition) is 2. The van der Waals surface area contributed by atoms with E-state index in [0.29, 0.717) is 18.0 Å². The highest BCUT2D eigenvalue weighted by Crippen LogP contribution is 2.33. The van der Waals surface area contributed by atoms with Gasteiger partial charge in [0.2, 0.25) is 5.91 Å². The van der Waals surface area contributed by atoms with E-state index in [9.17, 15) is 9.90 Å². The smallest absolute Gasteiger partial charge is 0.220 e. The van der Waals surface area contributed by atoms with Crippen molar-refractivity contribution < 1.29 is 23.8 Å². The van der Waals surface area contributed by atoms with Crippen LogP contribution in [0.25, 0.3) is 22.3 Å². The molecular formula is C24H28N2O5. The molecule has 0 bridgehead atoms. The Morgan fingerprint density at radius 1 is 1.19 bits per heavy atom. The molecular weight excluding hydrogens is 396 g/mol. The molecule has 1 saturated heterocycles. The van der Waals surface area contributed by atoms with Gasteiger partial charge in [-0.1, -0.05) is 18.2 Å². The number of primary amides is 1. The number of furan rings is 1. The van der Waals surface area contributed by atoms with Crippen LogP contribution in [0.1, 0.15) is 12.8 Å². The summed E-state index contributed by atoms with van der Waals surface area (Å²) in [6.45, 7) is 2.15. The van der Waals surface area contributed by atoms with Gasteiger partial charge in [-0.3, -0.25) is 4.79 Å². The largest absolute Gasteiger partial charge is 0.497 e. The van der Waals surface area contributed by atoms with Gasteiger partial charge in [-0.15, -0.1) is 0 Å². The number of likely N-dealkylation sites (tertiary alicyclic amines) is 1. The van der Waals surface area contributed by atoms with E-state index in [4.69, 9.17) is 19.6 Å². The molecule has 0 spiro atoms. The zero-order chi connectivity index (χ0) is 21.8. The molecule has 164 valence electrons. The second-order valence-electron chi connectivity index (χ2n) is 7.99. The molecule has 3 N–H and O–H groups in total. The summed E-state index contributed by atoms with van der Waals surface area (Å²) in [7, 11) is 1.60. The van der Waals surface area contributed by atoms with Crippen LogP contribution in [0.3, 0.4) is 0 Å². The maximum atomic E-state index is 11.3. The van der Waals surface area contributed by atoms with Gasteiger partial charge in [0.15, 0.2) is 0 Å². The van der Waals surface area contributed by atoms with Gasteiger partial charge < -0.3 is 29.6 Å². The molecule has 0 aliphatic carbocycles. The third kappa shape index (κ3) is 5.18. The van der Waals surface area contributed by atoms with Crippen molar-refractivity contribution in [3.8, 4) is 22.8 Å². The highest BCUT2D eigenvalue weighted by Gasteiger charge is 2.24. The molecule has 1 fully saturated rings. The van der Waals surface area contributed by atoms with Gasteiger partial charge in [0.05, 0.1) is 7.11 Å². The molecule has 1 atom stereocenters. The van der Waals surface area contributed by atoms with Crippen LogP contribution < -0.4 is 15.2 Å². The fourth-order valence-corrected chi connectivity index (χ4v) is 3.98. The van der Waals surface area contributed by atoms with Gasteiger partial charge in [0, 0.05) is 29.5 Å². The highest BCUT2D eigenvalue weighted by molar-refractivity contribution is 5.83. The normalized spacial score (nSPS) is 16.3. The predicted molar refractivity (Wildman–Crippen MR) is 118 cm³/mol. The number of fused-ring (bicyclic) bond motifs is 1. The SMILES string of the molecule is COc1cc(OCC(O)CN2CCC(C(N)=O)CC2)cc(-c2cc3ccccc3o2)c1. The number of carbonyl (C=O) groups is 1. The summed E-state index contributed by atoms with van der Waals surface area (Å²) in [6, 6.07) is 15.4. The zero-order valence-electron chi connectivity index (χ0n) is 17.6. The minimum atomic E-state index is -0.647. The number of ether oxygens (including phenoxy) is 2. The third-order valence-corrected chi connectivity index (χ3v) is 5.73. The molecule has 7 heteroatoms. The average Bonchev–Trinajstić information content (AvgIpc) is 3.22. The summed E-state index contributed by atoms with van der Waals surface area (Å²) in [4.78, 5) is 13.4. The second-order valence-corrected chi connectivity index (χ2v) is 7.99. The number of hydrogen-bond acceptors (Lipinski definition) is 6. The standard InChI is InChI=1S/C24H28N2O5/c1-29-20-10-18(23-12-17-4-2-3-5-22(17)31-23)11-21(13-20)30-15-19(27)14-26-8-6-16(7-9-26)24(25)28/h2-5,10-13,16,19,27H,6-9,14-15H2,1H3,(H2,25,28). The molecule has 1 aromatic heterocycles.